The molecule has 0 aromatic heterocycles. The highest BCUT2D eigenvalue weighted by Crippen LogP contribution is 2.25. The van der Waals surface area contributed by atoms with Gasteiger partial charge in [-0.2, -0.15) is 0 Å². The Kier molecular flexibility index (Phi) is 5.09. The highest BCUT2D eigenvalue weighted by Gasteiger charge is 2.06. The predicted molar refractivity (Wildman–Crippen MR) is 76.5 cm³/mol. The molecule has 2 aromatic rings. The molecule has 0 fully saturated rings. The summed E-state index contributed by atoms with van der Waals surface area (Å²) >= 11 is 0. The summed E-state index contributed by atoms with van der Waals surface area (Å²) in [5.41, 5.74) is 1.89. The Morgan fingerprint density at radius 3 is 2.40 bits per heavy atom. The fourth-order valence-electron chi connectivity index (χ4n) is 1.92. The zero-order chi connectivity index (χ0) is 14.4. The van der Waals surface area contributed by atoms with Crippen LogP contribution in [0.3, 0.4) is 0 Å². The van der Waals surface area contributed by atoms with Gasteiger partial charge in [0.05, 0.1) is 0 Å². The van der Waals surface area contributed by atoms with E-state index in [-0.39, 0.29) is 18.2 Å². The van der Waals surface area contributed by atoms with Crippen LogP contribution in [0.15, 0.2) is 42.5 Å². The van der Waals surface area contributed by atoms with Crippen molar-refractivity contribution < 1.29 is 14.2 Å². The monoisotopic (exact) mass is 275 g/mol. The van der Waals surface area contributed by atoms with E-state index in [2.05, 4.69) is 5.32 Å². The molecule has 0 radical (unpaired) electrons. The van der Waals surface area contributed by atoms with Gasteiger partial charge in [-0.1, -0.05) is 18.2 Å². The zero-order valence-electron chi connectivity index (χ0n) is 11.4. The normalized spacial score (nSPS) is 10.6. The van der Waals surface area contributed by atoms with Crippen molar-refractivity contribution in [1.29, 1.82) is 0 Å². The van der Waals surface area contributed by atoms with Crippen molar-refractivity contribution in [3.8, 4) is 11.5 Å². The highest BCUT2D eigenvalue weighted by molar-refractivity contribution is 5.35. The molecule has 0 heterocycles. The van der Waals surface area contributed by atoms with Gasteiger partial charge < -0.3 is 15.2 Å². The molecule has 20 heavy (non-hydrogen) atoms. The Morgan fingerprint density at radius 2 is 1.80 bits per heavy atom. The molecular formula is C16H18FNO2. The fourth-order valence-corrected chi connectivity index (χ4v) is 1.92. The molecule has 0 aliphatic heterocycles. The second-order valence-corrected chi connectivity index (χ2v) is 4.51. The smallest absolute Gasteiger partial charge is 0.166 e. The number of ether oxygens (including phenoxy) is 1. The number of aliphatic hydroxyl groups excluding tert-OH is 1. The number of halogens is 1. The van der Waals surface area contributed by atoms with Crippen molar-refractivity contribution in [2.24, 2.45) is 0 Å². The van der Waals surface area contributed by atoms with Gasteiger partial charge in [0.15, 0.2) is 11.6 Å². The molecule has 0 amide bonds. The minimum Gasteiger partial charge on any atom is -0.454 e. The molecule has 0 unspecified atom stereocenters. The summed E-state index contributed by atoms with van der Waals surface area (Å²) in [6.07, 6.45) is 0.605. The summed E-state index contributed by atoms with van der Waals surface area (Å²) in [5, 5.41) is 11.8. The number of hydrogen-bond acceptors (Lipinski definition) is 3. The lowest BCUT2D eigenvalue weighted by atomic mass is 10.1. The van der Waals surface area contributed by atoms with Crippen LogP contribution in [0.25, 0.3) is 0 Å². The molecule has 0 saturated carbocycles. The number of benzene rings is 2. The molecule has 2 N–H and O–H groups in total. The molecule has 2 aromatic carbocycles. The first-order valence-electron chi connectivity index (χ1n) is 6.53. The van der Waals surface area contributed by atoms with E-state index in [1.54, 1.807) is 18.2 Å². The lowest BCUT2D eigenvalue weighted by Crippen LogP contribution is -2.05. The van der Waals surface area contributed by atoms with E-state index >= 15 is 0 Å². The van der Waals surface area contributed by atoms with Gasteiger partial charge in [0.2, 0.25) is 0 Å². The van der Waals surface area contributed by atoms with Crippen molar-refractivity contribution >= 4 is 0 Å². The van der Waals surface area contributed by atoms with Crippen LogP contribution in [0.5, 0.6) is 11.5 Å². The number of nitrogens with one attached hydrogen (secondary N) is 1. The third kappa shape index (κ3) is 3.79. The third-order valence-electron chi connectivity index (χ3n) is 2.93. The van der Waals surface area contributed by atoms with E-state index in [9.17, 15) is 4.39 Å². The fraction of sp³-hybridized carbons (Fsp3) is 0.250. The largest absolute Gasteiger partial charge is 0.454 e. The van der Waals surface area contributed by atoms with Gasteiger partial charge in [0.25, 0.3) is 0 Å². The van der Waals surface area contributed by atoms with Gasteiger partial charge in [-0.25, -0.2) is 4.39 Å². The van der Waals surface area contributed by atoms with Crippen molar-refractivity contribution in [2.75, 3.05) is 13.7 Å². The molecular weight excluding hydrogens is 257 g/mol. The van der Waals surface area contributed by atoms with Crippen LogP contribution in [0.4, 0.5) is 4.39 Å². The van der Waals surface area contributed by atoms with Crippen LogP contribution in [0.2, 0.25) is 0 Å². The topological polar surface area (TPSA) is 41.5 Å². The molecule has 0 spiro atoms. The average molecular weight is 275 g/mol. The third-order valence-corrected chi connectivity index (χ3v) is 2.93. The molecule has 0 aliphatic carbocycles. The molecule has 3 nitrogen and oxygen atoms in total. The maximum absolute atomic E-state index is 13.9. The molecule has 106 valence electrons. The van der Waals surface area contributed by atoms with Gasteiger partial charge in [-0.05, 0) is 48.9 Å². The van der Waals surface area contributed by atoms with E-state index < -0.39 is 0 Å². The number of rotatable bonds is 6. The Hall–Kier alpha value is -1.91. The average Bonchev–Trinajstić information content (AvgIpc) is 2.44. The molecule has 0 bridgehead atoms. The summed E-state index contributed by atoms with van der Waals surface area (Å²) in [6, 6.07) is 12.2. The van der Waals surface area contributed by atoms with Crippen molar-refractivity contribution in [3.63, 3.8) is 0 Å². The van der Waals surface area contributed by atoms with Crippen molar-refractivity contribution in [3.05, 3.63) is 59.4 Å². The summed E-state index contributed by atoms with van der Waals surface area (Å²) < 4.78 is 19.4. The second-order valence-electron chi connectivity index (χ2n) is 4.51. The Labute approximate surface area is 118 Å². The van der Waals surface area contributed by atoms with Gasteiger partial charge >= 0.3 is 0 Å². The van der Waals surface area contributed by atoms with Gasteiger partial charge in [-0.3, -0.25) is 0 Å². The summed E-state index contributed by atoms with van der Waals surface area (Å²) in [4.78, 5) is 0. The minimum absolute atomic E-state index is 0.113. The highest BCUT2D eigenvalue weighted by atomic mass is 19.1. The minimum atomic E-state index is -0.378. The van der Waals surface area contributed by atoms with Gasteiger partial charge in [-0.15, -0.1) is 0 Å². The maximum atomic E-state index is 13.9. The first-order valence-corrected chi connectivity index (χ1v) is 6.53. The molecule has 0 atom stereocenters. The summed E-state index contributed by atoms with van der Waals surface area (Å²) in [5.74, 6) is 0.406. The van der Waals surface area contributed by atoms with E-state index in [0.29, 0.717) is 18.7 Å². The van der Waals surface area contributed by atoms with Gasteiger partial charge in [0, 0.05) is 13.2 Å². The summed E-state index contributed by atoms with van der Waals surface area (Å²) in [6.45, 7) is 0.731. The molecule has 4 heteroatoms. The number of hydrogen-bond donors (Lipinski definition) is 2. The number of aliphatic hydroxyl groups is 1. The van der Waals surface area contributed by atoms with E-state index in [0.717, 1.165) is 11.1 Å². The Morgan fingerprint density at radius 1 is 1.10 bits per heavy atom. The second kappa shape index (κ2) is 7.03. The predicted octanol–water partition coefficient (Wildman–Crippen LogP) is 2.87. The van der Waals surface area contributed by atoms with E-state index in [1.807, 2.05) is 25.2 Å². The van der Waals surface area contributed by atoms with Crippen LogP contribution >= 0.6 is 0 Å². The zero-order valence-corrected chi connectivity index (χ0v) is 11.4. The SMILES string of the molecule is CNCc1ccc(Oc2ccc(CCO)cc2)c(F)c1. The Bertz CT molecular complexity index is 555. The lowest BCUT2D eigenvalue weighted by molar-refractivity contribution is 0.299. The van der Waals surface area contributed by atoms with E-state index in [1.165, 1.54) is 6.07 Å². The molecule has 0 aliphatic rings. The first-order chi connectivity index (χ1) is 9.72. The Balaban J connectivity index is 2.09. The molecule has 0 saturated heterocycles. The van der Waals surface area contributed by atoms with Crippen molar-refractivity contribution in [1.82, 2.24) is 5.32 Å². The first kappa shape index (κ1) is 14.5. The van der Waals surface area contributed by atoms with Crippen LogP contribution in [0, 0.1) is 5.82 Å². The van der Waals surface area contributed by atoms with E-state index in [4.69, 9.17) is 9.84 Å². The summed E-state index contributed by atoms with van der Waals surface area (Å²) in [7, 11) is 1.82. The standard InChI is InChI=1S/C16H18FNO2/c1-18-11-13-4-7-16(15(17)10-13)20-14-5-2-12(3-6-14)8-9-19/h2-7,10,18-19H,8-9,11H2,1H3. The van der Waals surface area contributed by atoms with Gasteiger partial charge in [0.1, 0.15) is 5.75 Å². The van der Waals surface area contributed by atoms with Crippen LogP contribution < -0.4 is 10.1 Å². The van der Waals surface area contributed by atoms with Crippen LogP contribution in [0.1, 0.15) is 11.1 Å². The van der Waals surface area contributed by atoms with Crippen LogP contribution in [-0.4, -0.2) is 18.8 Å². The molecule has 2 rings (SSSR count). The van der Waals surface area contributed by atoms with Crippen LogP contribution in [-0.2, 0) is 13.0 Å². The lowest BCUT2D eigenvalue weighted by Gasteiger charge is -2.09. The maximum Gasteiger partial charge on any atom is 0.166 e. The van der Waals surface area contributed by atoms with Crippen molar-refractivity contribution in [2.45, 2.75) is 13.0 Å². The quantitative estimate of drug-likeness (QED) is 0.851.